The Kier molecular flexibility index (Phi) is 5.25. The van der Waals surface area contributed by atoms with E-state index in [1.165, 1.54) is 14.2 Å². The smallest absolute Gasteiger partial charge is 0.204 e. The molecule has 0 bridgehead atoms. The molecule has 0 aromatic heterocycles. The molecule has 5 heteroatoms. The van der Waals surface area contributed by atoms with E-state index in [1.807, 2.05) is 18.2 Å². The van der Waals surface area contributed by atoms with Crippen molar-refractivity contribution < 1.29 is 23.7 Å². The summed E-state index contributed by atoms with van der Waals surface area (Å²) in [4.78, 5) is 12.1. The van der Waals surface area contributed by atoms with Crippen LogP contribution in [0.2, 0.25) is 0 Å². The Bertz CT molecular complexity index is 612. The van der Waals surface area contributed by atoms with Crippen LogP contribution in [0.3, 0.4) is 0 Å². The standard InChI is InChI=1S/C17H18O5/c1-19-13-9-15(20-2)17(16(10-13)21-3)22-11-14(18)12-7-5-4-6-8-12/h4-10H,11H2,1-3H3. The van der Waals surface area contributed by atoms with Crippen LogP contribution in [-0.2, 0) is 0 Å². The quantitative estimate of drug-likeness (QED) is 0.736. The summed E-state index contributed by atoms with van der Waals surface area (Å²) in [5.41, 5.74) is 0.592. The molecule has 0 spiro atoms. The van der Waals surface area contributed by atoms with Crippen LogP contribution >= 0.6 is 0 Å². The molecule has 0 radical (unpaired) electrons. The molecule has 0 aliphatic heterocycles. The summed E-state index contributed by atoms with van der Waals surface area (Å²) < 4.78 is 21.3. The summed E-state index contributed by atoms with van der Waals surface area (Å²) in [5.74, 6) is 1.71. The van der Waals surface area contributed by atoms with Gasteiger partial charge in [-0.1, -0.05) is 30.3 Å². The van der Waals surface area contributed by atoms with Crippen molar-refractivity contribution in [1.82, 2.24) is 0 Å². The number of methoxy groups -OCH3 is 3. The lowest BCUT2D eigenvalue weighted by atomic mass is 10.1. The Morgan fingerprint density at radius 1 is 0.909 bits per heavy atom. The van der Waals surface area contributed by atoms with Crippen molar-refractivity contribution >= 4 is 5.78 Å². The van der Waals surface area contributed by atoms with Crippen LogP contribution in [0.1, 0.15) is 10.4 Å². The first-order valence-electron chi connectivity index (χ1n) is 6.70. The highest BCUT2D eigenvalue weighted by Gasteiger charge is 2.16. The maximum absolute atomic E-state index is 12.1. The molecule has 2 aromatic carbocycles. The molecule has 0 fully saturated rings. The fourth-order valence-electron chi connectivity index (χ4n) is 1.96. The van der Waals surface area contributed by atoms with Crippen molar-refractivity contribution in [2.24, 2.45) is 0 Å². The fourth-order valence-corrected chi connectivity index (χ4v) is 1.96. The highest BCUT2D eigenvalue weighted by molar-refractivity contribution is 5.97. The van der Waals surface area contributed by atoms with Crippen LogP contribution in [-0.4, -0.2) is 33.7 Å². The molecule has 22 heavy (non-hydrogen) atoms. The Labute approximate surface area is 129 Å². The van der Waals surface area contributed by atoms with Crippen molar-refractivity contribution in [3.63, 3.8) is 0 Å². The first-order valence-corrected chi connectivity index (χ1v) is 6.70. The summed E-state index contributed by atoms with van der Waals surface area (Å²) in [6, 6.07) is 12.3. The monoisotopic (exact) mass is 302 g/mol. The number of rotatable bonds is 7. The fraction of sp³-hybridized carbons (Fsp3) is 0.235. The van der Waals surface area contributed by atoms with Gasteiger partial charge in [0.15, 0.2) is 23.9 Å². The van der Waals surface area contributed by atoms with Gasteiger partial charge in [0.25, 0.3) is 0 Å². The number of carbonyl (C=O) groups excluding carboxylic acids is 1. The van der Waals surface area contributed by atoms with E-state index in [4.69, 9.17) is 18.9 Å². The molecule has 116 valence electrons. The molecule has 2 rings (SSSR count). The van der Waals surface area contributed by atoms with E-state index in [2.05, 4.69) is 0 Å². The zero-order chi connectivity index (χ0) is 15.9. The van der Waals surface area contributed by atoms with Gasteiger partial charge in [-0.05, 0) is 0 Å². The van der Waals surface area contributed by atoms with E-state index >= 15 is 0 Å². The molecule has 0 saturated carbocycles. The van der Waals surface area contributed by atoms with E-state index in [0.717, 1.165) is 0 Å². The lowest BCUT2D eigenvalue weighted by molar-refractivity contribution is 0.0917. The molecule has 0 saturated heterocycles. The number of ketones is 1. The van der Waals surface area contributed by atoms with E-state index in [1.54, 1.807) is 31.4 Å². The molecule has 2 aromatic rings. The largest absolute Gasteiger partial charge is 0.496 e. The van der Waals surface area contributed by atoms with E-state index in [-0.39, 0.29) is 12.4 Å². The first-order chi connectivity index (χ1) is 10.7. The van der Waals surface area contributed by atoms with Gasteiger partial charge in [0.2, 0.25) is 5.75 Å². The van der Waals surface area contributed by atoms with Crippen LogP contribution in [0, 0.1) is 0 Å². The summed E-state index contributed by atoms with van der Waals surface area (Å²) in [6.07, 6.45) is 0. The zero-order valence-electron chi connectivity index (χ0n) is 12.8. The minimum absolute atomic E-state index is 0.108. The van der Waals surface area contributed by atoms with Gasteiger partial charge in [0, 0.05) is 17.7 Å². The highest BCUT2D eigenvalue weighted by Crippen LogP contribution is 2.41. The molecule has 0 heterocycles. The maximum Gasteiger partial charge on any atom is 0.204 e. The van der Waals surface area contributed by atoms with Crippen LogP contribution in [0.25, 0.3) is 0 Å². The van der Waals surface area contributed by atoms with Crippen molar-refractivity contribution in [3.05, 3.63) is 48.0 Å². The van der Waals surface area contributed by atoms with Gasteiger partial charge in [-0.25, -0.2) is 0 Å². The van der Waals surface area contributed by atoms with Gasteiger partial charge in [-0.15, -0.1) is 0 Å². The molecule has 0 atom stereocenters. The molecule has 0 amide bonds. The summed E-state index contributed by atoms with van der Waals surface area (Å²) in [7, 11) is 4.58. The van der Waals surface area contributed by atoms with Crippen LogP contribution in [0.4, 0.5) is 0 Å². The second kappa shape index (κ2) is 7.36. The molecule has 0 aliphatic carbocycles. The van der Waals surface area contributed by atoms with Gasteiger partial charge in [0.05, 0.1) is 21.3 Å². The van der Waals surface area contributed by atoms with Crippen molar-refractivity contribution in [2.45, 2.75) is 0 Å². The Balaban J connectivity index is 2.20. The van der Waals surface area contributed by atoms with Crippen LogP contribution in [0.5, 0.6) is 23.0 Å². The average Bonchev–Trinajstić information content (AvgIpc) is 2.59. The number of hydrogen-bond acceptors (Lipinski definition) is 5. The second-order valence-corrected chi connectivity index (χ2v) is 4.44. The third-order valence-corrected chi connectivity index (χ3v) is 3.11. The van der Waals surface area contributed by atoms with Gasteiger partial charge in [-0.2, -0.15) is 0 Å². The van der Waals surface area contributed by atoms with E-state index in [9.17, 15) is 4.79 Å². The third-order valence-electron chi connectivity index (χ3n) is 3.11. The minimum atomic E-state index is -0.125. The normalized spacial score (nSPS) is 9.95. The number of hydrogen-bond donors (Lipinski definition) is 0. The Morgan fingerprint density at radius 3 is 2.00 bits per heavy atom. The maximum atomic E-state index is 12.1. The van der Waals surface area contributed by atoms with Crippen molar-refractivity contribution in [1.29, 1.82) is 0 Å². The van der Waals surface area contributed by atoms with Gasteiger partial charge >= 0.3 is 0 Å². The topological polar surface area (TPSA) is 54.0 Å². The highest BCUT2D eigenvalue weighted by atomic mass is 16.5. The van der Waals surface area contributed by atoms with Gasteiger partial charge in [-0.3, -0.25) is 4.79 Å². The van der Waals surface area contributed by atoms with Crippen molar-refractivity contribution in [2.75, 3.05) is 27.9 Å². The molecular formula is C17H18O5. The van der Waals surface area contributed by atoms with Gasteiger partial charge < -0.3 is 18.9 Å². The SMILES string of the molecule is COc1cc(OC)c(OCC(=O)c2ccccc2)c(OC)c1. The third kappa shape index (κ3) is 3.49. The van der Waals surface area contributed by atoms with Gasteiger partial charge in [0.1, 0.15) is 5.75 Å². The number of Topliss-reactive ketones (excluding diaryl/α,β-unsaturated/α-hetero) is 1. The number of benzene rings is 2. The summed E-state index contributed by atoms with van der Waals surface area (Å²) in [5, 5.41) is 0. The molecule has 0 aliphatic rings. The molecular weight excluding hydrogens is 284 g/mol. The van der Waals surface area contributed by atoms with Crippen LogP contribution in [0.15, 0.2) is 42.5 Å². The Hall–Kier alpha value is -2.69. The minimum Gasteiger partial charge on any atom is -0.496 e. The molecule has 0 N–H and O–H groups in total. The predicted octanol–water partition coefficient (Wildman–Crippen LogP) is 2.97. The summed E-state index contributed by atoms with van der Waals surface area (Å²) >= 11 is 0. The van der Waals surface area contributed by atoms with E-state index < -0.39 is 0 Å². The Morgan fingerprint density at radius 2 is 1.50 bits per heavy atom. The molecule has 5 nitrogen and oxygen atoms in total. The van der Waals surface area contributed by atoms with Crippen LogP contribution < -0.4 is 18.9 Å². The second-order valence-electron chi connectivity index (χ2n) is 4.44. The lowest BCUT2D eigenvalue weighted by Gasteiger charge is -2.15. The number of ether oxygens (including phenoxy) is 4. The zero-order valence-corrected chi connectivity index (χ0v) is 12.8. The number of carbonyl (C=O) groups is 1. The molecule has 0 unspecified atom stereocenters. The van der Waals surface area contributed by atoms with E-state index in [0.29, 0.717) is 28.6 Å². The summed E-state index contributed by atoms with van der Waals surface area (Å²) in [6.45, 7) is -0.108. The van der Waals surface area contributed by atoms with Crippen molar-refractivity contribution in [3.8, 4) is 23.0 Å². The first kappa shape index (κ1) is 15.7. The lowest BCUT2D eigenvalue weighted by Crippen LogP contribution is -2.12. The predicted molar refractivity (Wildman–Crippen MR) is 82.4 cm³/mol. The average molecular weight is 302 g/mol.